The Morgan fingerprint density at radius 1 is 1.48 bits per heavy atom. The van der Waals surface area contributed by atoms with Crippen LogP contribution in [0.4, 0.5) is 11.5 Å². The summed E-state index contributed by atoms with van der Waals surface area (Å²) in [6.45, 7) is 1.25. The van der Waals surface area contributed by atoms with Gasteiger partial charge in [-0.3, -0.25) is 0 Å². The van der Waals surface area contributed by atoms with E-state index in [0.717, 1.165) is 22.2 Å². The van der Waals surface area contributed by atoms with Crippen LogP contribution in [0, 0.1) is 11.3 Å². The molecule has 21 heavy (non-hydrogen) atoms. The summed E-state index contributed by atoms with van der Waals surface area (Å²) in [5, 5.41) is 12.2. The molecule has 0 amide bonds. The number of pyridine rings is 1. The molecule has 0 saturated carbocycles. The molecule has 0 spiro atoms. The van der Waals surface area contributed by atoms with Crippen LogP contribution in [0.2, 0.25) is 0 Å². The number of halogens is 1. The fourth-order valence-corrected chi connectivity index (χ4v) is 2.92. The van der Waals surface area contributed by atoms with Crippen molar-refractivity contribution < 1.29 is 4.74 Å². The SMILES string of the molecule is N#Cc1ccnc(NCc2cc(Br)cc3c2OCC3)c1N. The Labute approximate surface area is 130 Å². The maximum Gasteiger partial charge on any atom is 0.150 e. The minimum absolute atomic E-state index is 0.368. The molecule has 1 aromatic heterocycles. The number of aromatic nitrogens is 1. The number of rotatable bonds is 3. The lowest BCUT2D eigenvalue weighted by molar-refractivity contribution is 0.354. The predicted octanol–water partition coefficient (Wildman–Crippen LogP) is 2.84. The number of nitrogen functional groups attached to an aromatic ring is 1. The van der Waals surface area contributed by atoms with Gasteiger partial charge in [-0.25, -0.2) is 4.98 Å². The fraction of sp³-hybridized carbons (Fsp3) is 0.200. The van der Waals surface area contributed by atoms with Crippen molar-refractivity contribution in [1.29, 1.82) is 5.26 Å². The van der Waals surface area contributed by atoms with Crippen LogP contribution in [0.15, 0.2) is 28.9 Å². The summed E-state index contributed by atoms with van der Waals surface area (Å²) in [5.74, 6) is 1.45. The monoisotopic (exact) mass is 344 g/mol. The van der Waals surface area contributed by atoms with Crippen molar-refractivity contribution in [1.82, 2.24) is 4.98 Å². The van der Waals surface area contributed by atoms with Crippen LogP contribution in [0.25, 0.3) is 0 Å². The first-order chi connectivity index (χ1) is 10.2. The zero-order valence-corrected chi connectivity index (χ0v) is 12.8. The summed E-state index contributed by atoms with van der Waals surface area (Å²) < 4.78 is 6.71. The highest BCUT2D eigenvalue weighted by molar-refractivity contribution is 9.10. The van der Waals surface area contributed by atoms with E-state index in [9.17, 15) is 0 Å². The van der Waals surface area contributed by atoms with Crippen molar-refractivity contribution in [2.24, 2.45) is 0 Å². The first-order valence-corrected chi connectivity index (χ1v) is 7.31. The van der Waals surface area contributed by atoms with Crippen LogP contribution in [0.3, 0.4) is 0 Å². The highest BCUT2D eigenvalue weighted by Crippen LogP contribution is 2.33. The number of nitrogens with one attached hydrogen (secondary N) is 1. The van der Waals surface area contributed by atoms with Crippen LogP contribution in [0.5, 0.6) is 5.75 Å². The summed E-state index contributed by atoms with van der Waals surface area (Å²) in [6, 6.07) is 7.74. The summed E-state index contributed by atoms with van der Waals surface area (Å²) in [4.78, 5) is 4.18. The smallest absolute Gasteiger partial charge is 0.150 e. The third-order valence-corrected chi connectivity index (χ3v) is 3.84. The summed E-state index contributed by atoms with van der Waals surface area (Å²) in [6.07, 6.45) is 2.49. The maximum absolute atomic E-state index is 8.98. The Hall–Kier alpha value is -2.26. The third-order valence-electron chi connectivity index (χ3n) is 3.38. The van der Waals surface area contributed by atoms with Crippen LogP contribution < -0.4 is 15.8 Å². The Bertz CT molecular complexity index is 739. The molecule has 1 aliphatic heterocycles. The molecular weight excluding hydrogens is 332 g/mol. The molecule has 3 rings (SSSR count). The van der Waals surface area contributed by atoms with E-state index in [1.54, 1.807) is 12.3 Å². The van der Waals surface area contributed by atoms with Gasteiger partial charge in [0.2, 0.25) is 0 Å². The topological polar surface area (TPSA) is 84.0 Å². The first-order valence-electron chi connectivity index (χ1n) is 6.51. The summed E-state index contributed by atoms with van der Waals surface area (Å²) in [7, 11) is 0. The van der Waals surface area contributed by atoms with E-state index < -0.39 is 0 Å². The molecule has 3 N–H and O–H groups in total. The zero-order chi connectivity index (χ0) is 14.8. The molecule has 0 atom stereocenters. The van der Waals surface area contributed by atoms with Gasteiger partial charge in [0, 0.05) is 29.2 Å². The number of fused-ring (bicyclic) bond motifs is 1. The molecule has 0 aliphatic carbocycles. The molecule has 0 radical (unpaired) electrons. The lowest BCUT2D eigenvalue weighted by atomic mass is 10.1. The number of nitrogens with two attached hydrogens (primary N) is 1. The first kappa shape index (κ1) is 13.7. The second kappa shape index (κ2) is 5.62. The average molecular weight is 345 g/mol. The van der Waals surface area contributed by atoms with Crippen molar-refractivity contribution in [2.45, 2.75) is 13.0 Å². The highest BCUT2D eigenvalue weighted by Gasteiger charge is 2.17. The lowest BCUT2D eigenvalue weighted by Crippen LogP contribution is -2.06. The number of nitriles is 1. The molecular formula is C15H13BrN4O. The number of ether oxygens (including phenoxy) is 1. The molecule has 0 fully saturated rings. The van der Waals surface area contributed by atoms with Gasteiger partial charge in [-0.15, -0.1) is 0 Å². The van der Waals surface area contributed by atoms with E-state index >= 15 is 0 Å². The largest absolute Gasteiger partial charge is 0.493 e. The predicted molar refractivity (Wildman–Crippen MR) is 84.0 cm³/mol. The van der Waals surface area contributed by atoms with E-state index in [2.05, 4.69) is 32.3 Å². The van der Waals surface area contributed by atoms with Gasteiger partial charge in [-0.2, -0.15) is 5.26 Å². The molecule has 1 aliphatic rings. The molecule has 6 heteroatoms. The van der Waals surface area contributed by atoms with Gasteiger partial charge in [0.15, 0.2) is 5.82 Å². The quantitative estimate of drug-likeness (QED) is 0.894. The Morgan fingerprint density at radius 2 is 2.33 bits per heavy atom. The molecule has 106 valence electrons. The highest BCUT2D eigenvalue weighted by atomic mass is 79.9. The van der Waals surface area contributed by atoms with Gasteiger partial charge in [0.05, 0.1) is 17.9 Å². The second-order valence-corrected chi connectivity index (χ2v) is 5.65. The van der Waals surface area contributed by atoms with Crippen molar-refractivity contribution in [2.75, 3.05) is 17.7 Å². The molecule has 2 aromatic rings. The number of anilines is 2. The molecule has 0 unspecified atom stereocenters. The van der Waals surface area contributed by atoms with E-state index in [0.29, 0.717) is 30.2 Å². The molecule has 5 nitrogen and oxygen atoms in total. The minimum Gasteiger partial charge on any atom is -0.493 e. The minimum atomic E-state index is 0.368. The van der Waals surface area contributed by atoms with Crippen LogP contribution >= 0.6 is 15.9 Å². The Morgan fingerprint density at radius 3 is 3.14 bits per heavy atom. The molecule has 2 heterocycles. The van der Waals surface area contributed by atoms with Crippen molar-refractivity contribution in [3.8, 4) is 11.8 Å². The van der Waals surface area contributed by atoms with Gasteiger partial charge >= 0.3 is 0 Å². The van der Waals surface area contributed by atoms with Crippen LogP contribution in [-0.2, 0) is 13.0 Å². The van der Waals surface area contributed by atoms with Crippen LogP contribution in [-0.4, -0.2) is 11.6 Å². The number of hydrogen-bond acceptors (Lipinski definition) is 5. The Kier molecular flexibility index (Phi) is 3.67. The van der Waals surface area contributed by atoms with E-state index in [1.165, 1.54) is 5.56 Å². The van der Waals surface area contributed by atoms with E-state index in [1.807, 2.05) is 12.1 Å². The normalized spacial score (nSPS) is 12.4. The Balaban J connectivity index is 1.85. The zero-order valence-electron chi connectivity index (χ0n) is 11.2. The average Bonchev–Trinajstić information content (AvgIpc) is 2.94. The molecule has 1 aromatic carbocycles. The van der Waals surface area contributed by atoms with Gasteiger partial charge in [-0.05, 0) is 23.8 Å². The number of benzene rings is 1. The number of hydrogen-bond donors (Lipinski definition) is 2. The lowest BCUT2D eigenvalue weighted by Gasteiger charge is -2.12. The summed E-state index contributed by atoms with van der Waals surface area (Å²) >= 11 is 3.51. The van der Waals surface area contributed by atoms with Gasteiger partial charge < -0.3 is 15.8 Å². The standard InChI is InChI=1S/C15H13BrN4O/c16-12-5-9-2-4-21-14(9)11(6-12)8-20-15-13(18)10(7-17)1-3-19-15/h1,3,5-6H,2,4,8,18H2,(H,19,20). The van der Waals surface area contributed by atoms with E-state index in [-0.39, 0.29) is 0 Å². The van der Waals surface area contributed by atoms with Crippen LogP contribution in [0.1, 0.15) is 16.7 Å². The van der Waals surface area contributed by atoms with Crippen molar-refractivity contribution >= 4 is 27.4 Å². The number of nitrogens with zero attached hydrogens (tertiary/aromatic N) is 2. The fourth-order valence-electron chi connectivity index (χ4n) is 2.37. The van der Waals surface area contributed by atoms with Gasteiger partial charge in [-0.1, -0.05) is 15.9 Å². The maximum atomic E-state index is 8.98. The molecule has 0 saturated heterocycles. The molecule has 0 bridgehead atoms. The van der Waals surface area contributed by atoms with Gasteiger partial charge in [0.25, 0.3) is 0 Å². The summed E-state index contributed by atoms with van der Waals surface area (Å²) in [5.41, 5.74) is 8.94. The second-order valence-electron chi connectivity index (χ2n) is 4.74. The van der Waals surface area contributed by atoms with Crippen molar-refractivity contribution in [3.05, 3.63) is 45.6 Å². The van der Waals surface area contributed by atoms with E-state index in [4.69, 9.17) is 15.7 Å². The van der Waals surface area contributed by atoms with Crippen molar-refractivity contribution in [3.63, 3.8) is 0 Å². The third kappa shape index (κ3) is 2.65. The van der Waals surface area contributed by atoms with Gasteiger partial charge in [0.1, 0.15) is 11.8 Å².